The average molecular weight is 296 g/mol. The van der Waals surface area contributed by atoms with Crippen LogP contribution < -0.4 is 5.73 Å². The van der Waals surface area contributed by atoms with Gasteiger partial charge in [0.15, 0.2) is 5.69 Å². The van der Waals surface area contributed by atoms with Crippen LogP contribution >= 0.6 is 11.3 Å². The number of ether oxygens (including phenoxy) is 1. The average Bonchev–Trinajstić information content (AvgIpc) is 2.79. The minimum absolute atomic E-state index is 0.283. The maximum Gasteiger partial charge on any atom is 0.359 e. The number of nitrogen functional groups attached to an aromatic ring is 1. The summed E-state index contributed by atoms with van der Waals surface area (Å²) < 4.78 is 4.70. The van der Waals surface area contributed by atoms with Crippen LogP contribution in [-0.2, 0) is 4.74 Å². The molecule has 2 N–H and O–H groups in total. The lowest BCUT2D eigenvalue weighted by Crippen LogP contribution is -2.25. The van der Waals surface area contributed by atoms with Crippen LogP contribution in [0.3, 0.4) is 0 Å². The van der Waals surface area contributed by atoms with Crippen molar-refractivity contribution < 1.29 is 9.53 Å². The Morgan fingerprint density at radius 2 is 1.90 bits per heavy atom. The summed E-state index contributed by atoms with van der Waals surface area (Å²) in [6.45, 7) is 6.94. The number of nitrogens with zero attached hydrogens (tertiary/aromatic N) is 1. The van der Waals surface area contributed by atoms with E-state index in [1.165, 1.54) is 31.3 Å². The molecule has 0 unspecified atom stereocenters. The Balaban J connectivity index is 2.06. The number of thiazole rings is 1. The van der Waals surface area contributed by atoms with Crippen LogP contribution in [0.4, 0.5) is 5.00 Å². The topological polar surface area (TPSA) is 65.2 Å². The van der Waals surface area contributed by atoms with Crippen molar-refractivity contribution in [1.82, 2.24) is 4.98 Å². The zero-order valence-electron chi connectivity index (χ0n) is 12.7. The zero-order chi connectivity index (χ0) is 14.9. The second-order valence-electron chi connectivity index (χ2n) is 6.67. The van der Waals surface area contributed by atoms with Gasteiger partial charge in [-0.15, -0.1) is 11.3 Å². The second-order valence-corrected chi connectivity index (χ2v) is 7.73. The summed E-state index contributed by atoms with van der Waals surface area (Å²) in [6.07, 6.45) is 4.72. The summed E-state index contributed by atoms with van der Waals surface area (Å²) in [5.74, 6) is 0.781. The lowest BCUT2D eigenvalue weighted by Gasteiger charge is -2.36. The molecule has 2 rings (SSSR count). The minimum Gasteiger partial charge on any atom is -0.464 e. The van der Waals surface area contributed by atoms with E-state index in [1.807, 2.05) is 0 Å². The number of hydrogen-bond acceptors (Lipinski definition) is 5. The standard InChI is InChI=1S/C15H24N2O2S/c1-15(2,3)10-7-5-9(6-8-10)13-17-11(12(16)20-13)14(18)19-4/h9-10H,5-8,16H2,1-4H3. The molecular formula is C15H24N2O2S. The first kappa shape index (κ1) is 15.3. The molecule has 0 spiro atoms. The highest BCUT2D eigenvalue weighted by atomic mass is 32.1. The lowest BCUT2D eigenvalue weighted by molar-refractivity contribution is 0.0596. The predicted octanol–water partition coefficient (Wildman–Crippen LogP) is 3.83. The first-order chi connectivity index (χ1) is 9.32. The molecule has 5 heteroatoms. The molecular weight excluding hydrogens is 272 g/mol. The Morgan fingerprint density at radius 1 is 1.30 bits per heavy atom. The number of methoxy groups -OCH3 is 1. The summed E-state index contributed by atoms with van der Waals surface area (Å²) in [6, 6.07) is 0. The van der Waals surface area contributed by atoms with Crippen molar-refractivity contribution in [2.75, 3.05) is 12.8 Å². The van der Waals surface area contributed by atoms with Gasteiger partial charge in [-0.1, -0.05) is 20.8 Å². The van der Waals surface area contributed by atoms with Gasteiger partial charge in [0.2, 0.25) is 0 Å². The first-order valence-corrected chi connectivity index (χ1v) is 7.99. The quantitative estimate of drug-likeness (QED) is 0.842. The largest absolute Gasteiger partial charge is 0.464 e. The summed E-state index contributed by atoms with van der Waals surface area (Å²) >= 11 is 1.44. The molecule has 0 bridgehead atoms. The highest BCUT2D eigenvalue weighted by Gasteiger charge is 2.32. The maximum atomic E-state index is 11.6. The Labute approximate surface area is 124 Å². The SMILES string of the molecule is COC(=O)c1nc(C2CCC(C(C)(C)C)CC2)sc1N. The number of esters is 1. The number of aromatic nitrogens is 1. The maximum absolute atomic E-state index is 11.6. The highest BCUT2D eigenvalue weighted by Crippen LogP contribution is 2.44. The van der Waals surface area contributed by atoms with Crippen LogP contribution in [-0.4, -0.2) is 18.1 Å². The van der Waals surface area contributed by atoms with E-state index in [0.717, 1.165) is 23.8 Å². The van der Waals surface area contributed by atoms with Crippen molar-refractivity contribution >= 4 is 22.3 Å². The van der Waals surface area contributed by atoms with Crippen LogP contribution in [0.25, 0.3) is 0 Å². The van der Waals surface area contributed by atoms with E-state index in [-0.39, 0.29) is 5.69 Å². The summed E-state index contributed by atoms with van der Waals surface area (Å²) in [7, 11) is 1.36. The predicted molar refractivity (Wildman–Crippen MR) is 82.0 cm³/mol. The van der Waals surface area contributed by atoms with Crippen molar-refractivity contribution in [2.45, 2.75) is 52.4 Å². The van der Waals surface area contributed by atoms with Gasteiger partial charge in [-0.25, -0.2) is 9.78 Å². The van der Waals surface area contributed by atoms with Crippen molar-refractivity contribution in [3.8, 4) is 0 Å². The van der Waals surface area contributed by atoms with Crippen LogP contribution in [0.2, 0.25) is 0 Å². The van der Waals surface area contributed by atoms with Gasteiger partial charge in [-0.3, -0.25) is 0 Å². The van der Waals surface area contributed by atoms with Crippen molar-refractivity contribution in [3.63, 3.8) is 0 Å². The van der Waals surface area contributed by atoms with E-state index in [1.54, 1.807) is 0 Å². The van der Waals surface area contributed by atoms with E-state index in [2.05, 4.69) is 25.8 Å². The number of anilines is 1. The molecule has 1 heterocycles. The fraction of sp³-hybridized carbons (Fsp3) is 0.733. The third-order valence-electron chi connectivity index (χ3n) is 4.35. The Morgan fingerprint density at radius 3 is 2.40 bits per heavy atom. The molecule has 4 nitrogen and oxygen atoms in total. The molecule has 1 fully saturated rings. The molecule has 112 valence electrons. The van der Waals surface area contributed by atoms with Gasteiger partial charge in [0.05, 0.1) is 12.1 Å². The van der Waals surface area contributed by atoms with Gasteiger partial charge >= 0.3 is 5.97 Å². The molecule has 0 radical (unpaired) electrons. The molecule has 1 aliphatic rings. The van der Waals surface area contributed by atoms with Crippen molar-refractivity contribution in [1.29, 1.82) is 0 Å². The molecule has 0 atom stereocenters. The molecule has 1 aromatic rings. The second kappa shape index (κ2) is 5.72. The van der Waals surface area contributed by atoms with Gasteiger partial charge in [0.25, 0.3) is 0 Å². The number of carbonyl (C=O) groups is 1. The Bertz CT molecular complexity index is 483. The highest BCUT2D eigenvalue weighted by molar-refractivity contribution is 7.16. The molecule has 0 amide bonds. The van der Waals surface area contributed by atoms with E-state index in [9.17, 15) is 4.79 Å². The van der Waals surface area contributed by atoms with Crippen LogP contribution in [0.15, 0.2) is 0 Å². The normalized spacial score (nSPS) is 23.6. The monoisotopic (exact) mass is 296 g/mol. The van der Waals surface area contributed by atoms with E-state index >= 15 is 0 Å². The Kier molecular flexibility index (Phi) is 4.37. The molecule has 0 saturated heterocycles. The number of hydrogen-bond donors (Lipinski definition) is 1. The third kappa shape index (κ3) is 3.14. The van der Waals surface area contributed by atoms with E-state index in [0.29, 0.717) is 16.3 Å². The van der Waals surface area contributed by atoms with Crippen LogP contribution in [0, 0.1) is 11.3 Å². The minimum atomic E-state index is -0.437. The zero-order valence-corrected chi connectivity index (χ0v) is 13.5. The van der Waals surface area contributed by atoms with Crippen LogP contribution in [0.1, 0.15) is 67.9 Å². The van der Waals surface area contributed by atoms with E-state index in [4.69, 9.17) is 10.5 Å². The number of nitrogens with two attached hydrogens (primary N) is 1. The molecule has 1 aliphatic carbocycles. The molecule has 1 aromatic heterocycles. The summed E-state index contributed by atoms with van der Waals surface area (Å²) in [5.41, 5.74) is 6.54. The van der Waals surface area contributed by atoms with Gasteiger partial charge in [0.1, 0.15) is 5.00 Å². The lowest BCUT2D eigenvalue weighted by atomic mass is 9.70. The van der Waals surface area contributed by atoms with Gasteiger partial charge in [-0.2, -0.15) is 0 Å². The Hall–Kier alpha value is -1.10. The van der Waals surface area contributed by atoms with Crippen LogP contribution in [0.5, 0.6) is 0 Å². The smallest absolute Gasteiger partial charge is 0.359 e. The van der Waals surface area contributed by atoms with Crippen molar-refractivity contribution in [3.05, 3.63) is 10.7 Å². The number of carbonyl (C=O) groups excluding carboxylic acids is 1. The van der Waals surface area contributed by atoms with Gasteiger partial charge < -0.3 is 10.5 Å². The summed E-state index contributed by atoms with van der Waals surface area (Å²) in [5, 5.41) is 1.47. The van der Waals surface area contributed by atoms with Crippen molar-refractivity contribution in [2.24, 2.45) is 11.3 Å². The molecule has 20 heavy (non-hydrogen) atoms. The van der Waals surface area contributed by atoms with Gasteiger partial charge in [0, 0.05) is 5.92 Å². The first-order valence-electron chi connectivity index (χ1n) is 7.17. The fourth-order valence-corrected chi connectivity index (χ4v) is 3.96. The fourth-order valence-electron chi connectivity index (χ4n) is 2.97. The third-order valence-corrected chi connectivity index (χ3v) is 5.40. The molecule has 0 aliphatic heterocycles. The van der Waals surface area contributed by atoms with E-state index < -0.39 is 5.97 Å². The van der Waals surface area contributed by atoms with Gasteiger partial charge in [-0.05, 0) is 37.0 Å². The summed E-state index contributed by atoms with van der Waals surface area (Å²) in [4.78, 5) is 16.0. The molecule has 0 aromatic carbocycles. The molecule has 1 saturated carbocycles. The number of rotatable bonds is 2.